The number of nitrogens with one attached hydrogen (secondary N) is 1. The van der Waals surface area contributed by atoms with Crippen molar-refractivity contribution in [2.75, 3.05) is 13.1 Å². The second-order valence-corrected chi connectivity index (χ2v) is 5.19. The molecule has 7 heteroatoms. The maximum atomic E-state index is 12.9. The number of hydrogen-bond donors (Lipinski definition) is 1. The number of carbonyl (C=O) groups is 2. The highest BCUT2D eigenvalue weighted by molar-refractivity contribution is 5.96. The van der Waals surface area contributed by atoms with Crippen LogP contribution in [0, 0.1) is 0 Å². The zero-order valence-corrected chi connectivity index (χ0v) is 11.9. The number of nitrogens with zero attached hydrogens (tertiary/aromatic N) is 1. The van der Waals surface area contributed by atoms with Gasteiger partial charge in [0.2, 0.25) is 5.91 Å². The van der Waals surface area contributed by atoms with Crippen molar-refractivity contribution in [3.8, 4) is 0 Å². The molecular weight excluding hydrogens is 297 g/mol. The standard InChI is InChI=1S/C15H17F3N2O2/c16-15(17,18)12-8-4-5-9-20(12)13(21)10-19-14(22)11-6-2-1-3-7-11/h1-3,6-7,12H,4-5,8-10H2,(H,19,22). The highest BCUT2D eigenvalue weighted by Crippen LogP contribution is 2.31. The molecule has 1 aliphatic rings. The lowest BCUT2D eigenvalue weighted by atomic mass is 10.0. The molecule has 0 radical (unpaired) electrons. The third-order valence-electron chi connectivity index (χ3n) is 3.64. The summed E-state index contributed by atoms with van der Waals surface area (Å²) in [4.78, 5) is 24.6. The summed E-state index contributed by atoms with van der Waals surface area (Å²) in [6.07, 6.45) is -3.52. The average Bonchev–Trinajstić information content (AvgIpc) is 2.52. The van der Waals surface area contributed by atoms with E-state index in [-0.39, 0.29) is 13.0 Å². The Labute approximate surface area is 126 Å². The van der Waals surface area contributed by atoms with Crippen LogP contribution in [0.3, 0.4) is 0 Å². The zero-order valence-electron chi connectivity index (χ0n) is 11.9. The molecule has 0 aromatic heterocycles. The number of alkyl halides is 3. The van der Waals surface area contributed by atoms with Crippen molar-refractivity contribution in [3.63, 3.8) is 0 Å². The van der Waals surface area contributed by atoms with Crippen molar-refractivity contribution < 1.29 is 22.8 Å². The summed E-state index contributed by atoms with van der Waals surface area (Å²) >= 11 is 0. The molecule has 120 valence electrons. The zero-order chi connectivity index (χ0) is 16.2. The lowest BCUT2D eigenvalue weighted by Gasteiger charge is -2.36. The normalized spacial score (nSPS) is 18.9. The maximum Gasteiger partial charge on any atom is 0.408 e. The molecule has 0 bridgehead atoms. The number of carbonyl (C=O) groups excluding carboxylic acids is 2. The topological polar surface area (TPSA) is 49.4 Å². The number of benzene rings is 1. The summed E-state index contributed by atoms with van der Waals surface area (Å²) in [6, 6.07) is 6.46. The maximum absolute atomic E-state index is 12.9. The first-order valence-corrected chi connectivity index (χ1v) is 7.09. The summed E-state index contributed by atoms with van der Waals surface area (Å²) in [5.41, 5.74) is 0.362. The minimum Gasteiger partial charge on any atom is -0.343 e. The van der Waals surface area contributed by atoms with Gasteiger partial charge in [-0.1, -0.05) is 18.2 Å². The van der Waals surface area contributed by atoms with Gasteiger partial charge in [-0.15, -0.1) is 0 Å². The molecule has 0 spiro atoms. The molecule has 2 rings (SSSR count). The van der Waals surface area contributed by atoms with Gasteiger partial charge >= 0.3 is 6.18 Å². The van der Waals surface area contributed by atoms with Crippen LogP contribution in [-0.2, 0) is 4.79 Å². The SMILES string of the molecule is O=C(NCC(=O)N1CCCCC1C(F)(F)F)c1ccccc1. The second-order valence-electron chi connectivity index (χ2n) is 5.19. The summed E-state index contributed by atoms with van der Waals surface area (Å²) in [7, 11) is 0. The van der Waals surface area contributed by atoms with Crippen molar-refractivity contribution in [2.24, 2.45) is 0 Å². The monoisotopic (exact) mass is 314 g/mol. The Bertz CT molecular complexity index is 531. The quantitative estimate of drug-likeness (QED) is 0.931. The average molecular weight is 314 g/mol. The van der Waals surface area contributed by atoms with Gasteiger partial charge in [-0.2, -0.15) is 13.2 Å². The van der Waals surface area contributed by atoms with Crippen LogP contribution in [0.5, 0.6) is 0 Å². The van der Waals surface area contributed by atoms with E-state index in [0.29, 0.717) is 18.4 Å². The number of hydrogen-bond acceptors (Lipinski definition) is 2. The minimum atomic E-state index is -4.43. The lowest BCUT2D eigenvalue weighted by molar-refractivity contribution is -0.195. The number of piperidine rings is 1. The van der Waals surface area contributed by atoms with Gasteiger partial charge in [-0.25, -0.2) is 0 Å². The van der Waals surface area contributed by atoms with Gasteiger partial charge in [0, 0.05) is 12.1 Å². The molecule has 2 amide bonds. The fourth-order valence-corrected chi connectivity index (χ4v) is 2.52. The van der Waals surface area contributed by atoms with Crippen molar-refractivity contribution in [1.82, 2.24) is 10.2 Å². The molecule has 1 unspecified atom stereocenters. The van der Waals surface area contributed by atoms with Crippen LogP contribution in [0.15, 0.2) is 30.3 Å². The number of amides is 2. The number of rotatable bonds is 3. The van der Waals surface area contributed by atoms with Gasteiger partial charge in [0.05, 0.1) is 6.54 Å². The van der Waals surface area contributed by atoms with E-state index in [4.69, 9.17) is 0 Å². The first-order valence-electron chi connectivity index (χ1n) is 7.09. The van der Waals surface area contributed by atoms with E-state index in [2.05, 4.69) is 5.32 Å². The van der Waals surface area contributed by atoms with Crippen LogP contribution in [0.2, 0.25) is 0 Å². The minimum absolute atomic E-state index is 0.0736. The van der Waals surface area contributed by atoms with Gasteiger partial charge < -0.3 is 10.2 Å². The predicted octanol–water partition coefficient (Wildman–Crippen LogP) is 2.36. The van der Waals surface area contributed by atoms with Crippen LogP contribution in [-0.4, -0.2) is 42.0 Å². The Balaban J connectivity index is 1.95. The van der Waals surface area contributed by atoms with E-state index in [0.717, 1.165) is 4.90 Å². The fourth-order valence-electron chi connectivity index (χ4n) is 2.52. The van der Waals surface area contributed by atoms with E-state index >= 15 is 0 Å². The molecule has 1 aromatic rings. The molecule has 1 aromatic carbocycles. The summed E-state index contributed by atoms with van der Waals surface area (Å²) in [5.74, 6) is -1.18. The Hall–Kier alpha value is -2.05. The van der Waals surface area contributed by atoms with Gasteiger partial charge in [0.15, 0.2) is 0 Å². The van der Waals surface area contributed by atoms with Gasteiger partial charge in [0.25, 0.3) is 5.91 Å². The van der Waals surface area contributed by atoms with Gasteiger partial charge in [-0.05, 0) is 31.4 Å². The highest BCUT2D eigenvalue weighted by Gasteiger charge is 2.46. The number of likely N-dealkylation sites (tertiary alicyclic amines) is 1. The lowest BCUT2D eigenvalue weighted by Crippen LogP contribution is -2.53. The predicted molar refractivity (Wildman–Crippen MR) is 74.2 cm³/mol. The van der Waals surface area contributed by atoms with Gasteiger partial charge in [0.1, 0.15) is 6.04 Å². The van der Waals surface area contributed by atoms with Crippen LogP contribution >= 0.6 is 0 Å². The van der Waals surface area contributed by atoms with E-state index in [1.54, 1.807) is 30.3 Å². The van der Waals surface area contributed by atoms with Crippen molar-refractivity contribution in [1.29, 1.82) is 0 Å². The highest BCUT2D eigenvalue weighted by atomic mass is 19.4. The molecule has 22 heavy (non-hydrogen) atoms. The number of halogens is 3. The Kier molecular flexibility index (Phi) is 5.05. The molecule has 0 aliphatic carbocycles. The molecule has 1 fully saturated rings. The van der Waals surface area contributed by atoms with E-state index in [1.165, 1.54) is 0 Å². The van der Waals surface area contributed by atoms with Crippen molar-refractivity contribution >= 4 is 11.8 Å². The largest absolute Gasteiger partial charge is 0.408 e. The van der Waals surface area contributed by atoms with E-state index < -0.39 is 30.6 Å². The summed E-state index contributed by atoms with van der Waals surface area (Å²) in [5, 5.41) is 2.37. The fraction of sp³-hybridized carbons (Fsp3) is 0.467. The Morgan fingerprint density at radius 3 is 2.50 bits per heavy atom. The van der Waals surface area contributed by atoms with Crippen molar-refractivity contribution in [2.45, 2.75) is 31.5 Å². The third-order valence-corrected chi connectivity index (χ3v) is 3.64. The molecule has 1 atom stereocenters. The van der Waals surface area contributed by atoms with Crippen LogP contribution in [0.1, 0.15) is 29.6 Å². The van der Waals surface area contributed by atoms with E-state index in [9.17, 15) is 22.8 Å². The molecule has 0 saturated carbocycles. The summed E-state index contributed by atoms with van der Waals surface area (Å²) < 4.78 is 38.8. The van der Waals surface area contributed by atoms with Crippen molar-refractivity contribution in [3.05, 3.63) is 35.9 Å². The first kappa shape index (κ1) is 16.3. The third kappa shape index (κ3) is 3.99. The molecular formula is C15H17F3N2O2. The Morgan fingerprint density at radius 2 is 1.86 bits per heavy atom. The Morgan fingerprint density at radius 1 is 1.18 bits per heavy atom. The summed E-state index contributed by atoms with van der Waals surface area (Å²) in [6.45, 7) is -0.357. The van der Waals surface area contributed by atoms with E-state index in [1.807, 2.05) is 0 Å². The van der Waals surface area contributed by atoms with Crippen LogP contribution in [0.4, 0.5) is 13.2 Å². The van der Waals surface area contributed by atoms with Gasteiger partial charge in [-0.3, -0.25) is 9.59 Å². The molecule has 1 aliphatic heterocycles. The van der Waals surface area contributed by atoms with Crippen LogP contribution in [0.25, 0.3) is 0 Å². The molecule has 1 heterocycles. The second kappa shape index (κ2) is 6.81. The smallest absolute Gasteiger partial charge is 0.343 e. The molecule has 1 saturated heterocycles. The van der Waals surface area contributed by atoms with Crippen LogP contribution < -0.4 is 5.32 Å². The first-order chi connectivity index (χ1) is 10.4. The molecule has 1 N–H and O–H groups in total. The molecule has 4 nitrogen and oxygen atoms in total.